The molecule has 2 N–H and O–H groups in total. The minimum absolute atomic E-state index is 0.00856. The number of benzene rings is 1. The topological polar surface area (TPSA) is 49.8 Å². The molecule has 1 aromatic heterocycles. The molecule has 0 aliphatic carbocycles. The van der Waals surface area contributed by atoms with Crippen molar-refractivity contribution < 1.29 is 0 Å². The Morgan fingerprint density at radius 1 is 1.00 bits per heavy atom. The predicted octanol–water partition coefficient (Wildman–Crippen LogP) is 4.04. The molecule has 0 saturated heterocycles. The molecule has 118 valence electrons. The van der Waals surface area contributed by atoms with Gasteiger partial charge in [0.25, 0.3) is 0 Å². The molecule has 1 heterocycles. The highest BCUT2D eigenvalue weighted by molar-refractivity contribution is 5.48. The Bertz CT molecular complexity index is 588. The van der Waals surface area contributed by atoms with Crippen LogP contribution in [0.4, 0.5) is 11.6 Å². The van der Waals surface area contributed by atoms with Gasteiger partial charge >= 0.3 is 0 Å². The Kier molecular flexibility index (Phi) is 5.36. The summed E-state index contributed by atoms with van der Waals surface area (Å²) in [7, 11) is 0. The highest BCUT2D eigenvalue weighted by Gasteiger charge is 2.11. The number of nitrogens with one attached hydrogen (secondary N) is 2. The fourth-order valence-electron chi connectivity index (χ4n) is 2.26. The van der Waals surface area contributed by atoms with Gasteiger partial charge < -0.3 is 10.6 Å². The lowest BCUT2D eigenvalue weighted by molar-refractivity contribution is 0.629. The van der Waals surface area contributed by atoms with Crippen LogP contribution >= 0.6 is 0 Å². The van der Waals surface area contributed by atoms with Gasteiger partial charge in [-0.05, 0) is 46.1 Å². The van der Waals surface area contributed by atoms with Crippen LogP contribution in [-0.4, -0.2) is 22.1 Å². The van der Waals surface area contributed by atoms with E-state index >= 15 is 0 Å². The Balaban J connectivity index is 1.87. The number of hydrogen-bond donors (Lipinski definition) is 2. The molecule has 0 unspecified atom stereocenters. The van der Waals surface area contributed by atoms with Crippen LogP contribution in [-0.2, 0) is 6.42 Å². The first-order chi connectivity index (χ1) is 10.4. The van der Waals surface area contributed by atoms with Gasteiger partial charge in [-0.15, -0.1) is 0 Å². The molecule has 1 aromatic carbocycles. The van der Waals surface area contributed by atoms with Crippen molar-refractivity contribution in [2.24, 2.45) is 0 Å². The first-order valence-corrected chi connectivity index (χ1v) is 7.84. The molecule has 4 nitrogen and oxygen atoms in total. The van der Waals surface area contributed by atoms with Gasteiger partial charge in [-0.25, -0.2) is 9.97 Å². The van der Waals surface area contributed by atoms with Gasteiger partial charge in [0, 0.05) is 18.2 Å². The maximum absolute atomic E-state index is 4.45. The van der Waals surface area contributed by atoms with Crippen LogP contribution in [0.15, 0.2) is 36.4 Å². The number of rotatable bonds is 6. The number of hydrogen-bond acceptors (Lipinski definition) is 4. The van der Waals surface area contributed by atoms with E-state index in [1.54, 1.807) is 0 Å². The van der Waals surface area contributed by atoms with Crippen LogP contribution in [0.5, 0.6) is 0 Å². The van der Waals surface area contributed by atoms with E-state index < -0.39 is 0 Å². The average molecular weight is 298 g/mol. The minimum atomic E-state index is -0.00856. The molecule has 2 rings (SSSR count). The van der Waals surface area contributed by atoms with E-state index in [0.29, 0.717) is 0 Å². The van der Waals surface area contributed by atoms with Gasteiger partial charge in [-0.3, -0.25) is 0 Å². The monoisotopic (exact) mass is 298 g/mol. The average Bonchev–Trinajstić information content (AvgIpc) is 2.42. The van der Waals surface area contributed by atoms with Crippen molar-refractivity contribution in [3.63, 3.8) is 0 Å². The molecule has 0 aliphatic heterocycles. The predicted molar refractivity (Wildman–Crippen MR) is 93.4 cm³/mol. The van der Waals surface area contributed by atoms with Crippen molar-refractivity contribution in [2.75, 3.05) is 17.2 Å². The lowest BCUT2D eigenvalue weighted by Crippen LogP contribution is -2.27. The van der Waals surface area contributed by atoms with E-state index in [1.807, 2.05) is 13.0 Å². The zero-order chi connectivity index (χ0) is 16.0. The van der Waals surface area contributed by atoms with Crippen LogP contribution < -0.4 is 10.6 Å². The van der Waals surface area contributed by atoms with Gasteiger partial charge in [0.05, 0.1) is 0 Å². The van der Waals surface area contributed by atoms with Crippen LogP contribution in [0, 0.1) is 6.92 Å². The fourth-order valence-corrected chi connectivity index (χ4v) is 2.26. The second kappa shape index (κ2) is 7.25. The SMILES string of the molecule is Cc1nc(NCCCc2ccccc2)cc(NC(C)(C)C)n1. The lowest BCUT2D eigenvalue weighted by Gasteiger charge is -2.21. The van der Waals surface area contributed by atoms with Gasteiger partial charge in [-0.1, -0.05) is 30.3 Å². The Morgan fingerprint density at radius 2 is 1.68 bits per heavy atom. The first-order valence-electron chi connectivity index (χ1n) is 7.84. The highest BCUT2D eigenvalue weighted by Crippen LogP contribution is 2.16. The van der Waals surface area contributed by atoms with Gasteiger partial charge in [0.15, 0.2) is 0 Å². The van der Waals surface area contributed by atoms with Gasteiger partial charge in [0.1, 0.15) is 17.5 Å². The maximum Gasteiger partial charge on any atom is 0.132 e. The zero-order valence-electron chi connectivity index (χ0n) is 14.0. The Hall–Kier alpha value is -2.10. The summed E-state index contributed by atoms with van der Waals surface area (Å²) in [6, 6.07) is 12.5. The molecule has 0 atom stereocenters. The van der Waals surface area contributed by atoms with E-state index in [9.17, 15) is 0 Å². The minimum Gasteiger partial charge on any atom is -0.370 e. The second-order valence-electron chi connectivity index (χ2n) is 6.58. The van der Waals surface area contributed by atoms with E-state index in [2.05, 4.69) is 71.7 Å². The summed E-state index contributed by atoms with van der Waals surface area (Å²) >= 11 is 0. The summed E-state index contributed by atoms with van der Waals surface area (Å²) in [4.78, 5) is 8.88. The molecule has 0 amide bonds. The van der Waals surface area contributed by atoms with Crippen molar-refractivity contribution in [3.8, 4) is 0 Å². The second-order valence-corrected chi connectivity index (χ2v) is 6.58. The number of nitrogens with zero attached hydrogens (tertiary/aromatic N) is 2. The number of anilines is 2. The summed E-state index contributed by atoms with van der Waals surface area (Å²) in [6.45, 7) is 9.19. The standard InChI is InChI=1S/C18H26N4/c1-14-20-16(13-17(21-14)22-18(2,3)4)19-12-8-11-15-9-6-5-7-10-15/h5-7,9-10,13H,8,11-12H2,1-4H3,(H2,19,20,21,22). The summed E-state index contributed by atoms with van der Waals surface area (Å²) in [5, 5.41) is 6.78. The molecule has 0 fully saturated rings. The molecule has 0 aliphatic rings. The summed E-state index contributed by atoms with van der Waals surface area (Å²) in [5.74, 6) is 2.53. The van der Waals surface area contributed by atoms with Gasteiger partial charge in [0.2, 0.25) is 0 Å². The van der Waals surface area contributed by atoms with Crippen molar-refractivity contribution in [3.05, 3.63) is 47.8 Å². The first kappa shape index (κ1) is 16.3. The molecule has 4 heteroatoms. The molecule has 22 heavy (non-hydrogen) atoms. The molecule has 2 aromatic rings. The number of aromatic nitrogens is 2. The zero-order valence-corrected chi connectivity index (χ0v) is 14.0. The van der Waals surface area contributed by atoms with Crippen LogP contribution in [0.1, 0.15) is 38.6 Å². The molecule has 0 saturated carbocycles. The van der Waals surface area contributed by atoms with Crippen LogP contribution in [0.2, 0.25) is 0 Å². The van der Waals surface area contributed by atoms with E-state index in [1.165, 1.54) is 5.56 Å². The molecular weight excluding hydrogens is 272 g/mol. The summed E-state index contributed by atoms with van der Waals surface area (Å²) in [6.07, 6.45) is 2.15. The quantitative estimate of drug-likeness (QED) is 0.790. The highest BCUT2D eigenvalue weighted by atomic mass is 15.1. The molecule has 0 spiro atoms. The van der Waals surface area contributed by atoms with Crippen molar-refractivity contribution in [1.29, 1.82) is 0 Å². The summed E-state index contributed by atoms with van der Waals surface area (Å²) < 4.78 is 0. The molecule has 0 bridgehead atoms. The van der Waals surface area contributed by atoms with Crippen molar-refractivity contribution >= 4 is 11.6 Å². The molecular formula is C18H26N4. The van der Waals surface area contributed by atoms with Crippen LogP contribution in [0.3, 0.4) is 0 Å². The third-order valence-electron chi connectivity index (χ3n) is 3.13. The van der Waals surface area contributed by atoms with Crippen LogP contribution in [0.25, 0.3) is 0 Å². The Morgan fingerprint density at radius 3 is 2.36 bits per heavy atom. The van der Waals surface area contributed by atoms with E-state index in [-0.39, 0.29) is 5.54 Å². The van der Waals surface area contributed by atoms with Crippen molar-refractivity contribution in [2.45, 2.75) is 46.1 Å². The van der Waals surface area contributed by atoms with Gasteiger partial charge in [-0.2, -0.15) is 0 Å². The number of aryl methyl sites for hydroxylation is 2. The van der Waals surface area contributed by atoms with E-state index in [4.69, 9.17) is 0 Å². The Labute approximate surface area is 133 Å². The third kappa shape index (κ3) is 5.72. The smallest absolute Gasteiger partial charge is 0.132 e. The van der Waals surface area contributed by atoms with Crippen molar-refractivity contribution in [1.82, 2.24) is 9.97 Å². The fraction of sp³-hybridized carbons (Fsp3) is 0.444. The normalized spacial score (nSPS) is 11.3. The lowest BCUT2D eigenvalue weighted by atomic mass is 10.1. The maximum atomic E-state index is 4.45. The summed E-state index contributed by atoms with van der Waals surface area (Å²) in [5.41, 5.74) is 1.36. The molecule has 0 radical (unpaired) electrons. The third-order valence-corrected chi connectivity index (χ3v) is 3.13. The van der Waals surface area contributed by atoms with E-state index in [0.717, 1.165) is 36.8 Å². The largest absolute Gasteiger partial charge is 0.370 e.